The Hall–Kier alpha value is -3.81. The number of hydrogen-bond acceptors (Lipinski definition) is 5. The van der Waals surface area contributed by atoms with Crippen LogP contribution in [0.15, 0.2) is 73.6 Å². The summed E-state index contributed by atoms with van der Waals surface area (Å²) >= 11 is 0. The van der Waals surface area contributed by atoms with E-state index in [9.17, 15) is 4.79 Å². The molecule has 0 unspecified atom stereocenters. The number of nitrogens with one attached hydrogen (secondary N) is 1. The van der Waals surface area contributed by atoms with Gasteiger partial charge in [0.2, 0.25) is 0 Å². The van der Waals surface area contributed by atoms with Crippen molar-refractivity contribution in [1.82, 2.24) is 35.1 Å². The number of imidazole rings is 1. The fourth-order valence-electron chi connectivity index (χ4n) is 2.78. The number of carbonyl (C=O) groups excluding carboxylic acids is 1. The molecule has 0 aliphatic rings. The predicted octanol–water partition coefficient (Wildman–Crippen LogP) is 2.34. The van der Waals surface area contributed by atoms with E-state index in [4.69, 9.17) is 0 Å². The highest BCUT2D eigenvalue weighted by molar-refractivity contribution is 5.95. The second kappa shape index (κ2) is 7.20. The third-order valence-electron chi connectivity index (χ3n) is 4.27. The molecule has 0 spiro atoms. The molecule has 2 heterocycles. The largest absolute Gasteiger partial charge is 0.346 e. The topological polar surface area (TPSA) is 90.5 Å². The number of aromatic nitrogens is 6. The Kier molecular flexibility index (Phi) is 4.44. The Morgan fingerprint density at radius 3 is 2.63 bits per heavy atom. The van der Waals surface area contributed by atoms with Gasteiger partial charge in [-0.3, -0.25) is 4.79 Å². The molecule has 4 rings (SSSR count). The van der Waals surface area contributed by atoms with Crippen molar-refractivity contribution in [2.24, 2.45) is 0 Å². The SMILES string of the molecule is C[C@H](NC(=O)c1cccc(-n2cnnn2)c1)c1ccc(-n2ccnc2)cc1. The lowest BCUT2D eigenvalue weighted by Crippen LogP contribution is -2.26. The third kappa shape index (κ3) is 3.59. The first kappa shape index (κ1) is 16.6. The fraction of sp³-hybridized carbons (Fsp3) is 0.105. The maximum atomic E-state index is 12.6. The molecule has 4 aromatic rings. The fourth-order valence-corrected chi connectivity index (χ4v) is 2.78. The molecule has 134 valence electrons. The van der Waals surface area contributed by atoms with Crippen LogP contribution in [0, 0.1) is 0 Å². The van der Waals surface area contributed by atoms with Crippen LogP contribution in [0.3, 0.4) is 0 Å². The van der Waals surface area contributed by atoms with Gasteiger partial charge in [0, 0.05) is 23.6 Å². The summed E-state index contributed by atoms with van der Waals surface area (Å²) < 4.78 is 3.44. The van der Waals surface area contributed by atoms with E-state index in [1.54, 1.807) is 30.7 Å². The van der Waals surface area contributed by atoms with E-state index >= 15 is 0 Å². The van der Waals surface area contributed by atoms with Crippen LogP contribution in [-0.2, 0) is 0 Å². The highest BCUT2D eigenvalue weighted by Crippen LogP contribution is 2.17. The minimum atomic E-state index is -0.156. The lowest BCUT2D eigenvalue weighted by molar-refractivity contribution is 0.0940. The minimum Gasteiger partial charge on any atom is -0.346 e. The molecule has 2 aromatic heterocycles. The number of benzene rings is 2. The third-order valence-corrected chi connectivity index (χ3v) is 4.27. The molecule has 1 amide bonds. The summed E-state index contributed by atoms with van der Waals surface area (Å²) in [5.41, 5.74) is 3.31. The Morgan fingerprint density at radius 2 is 1.93 bits per heavy atom. The van der Waals surface area contributed by atoms with Gasteiger partial charge in [-0.1, -0.05) is 18.2 Å². The molecule has 27 heavy (non-hydrogen) atoms. The molecular weight excluding hydrogens is 342 g/mol. The lowest BCUT2D eigenvalue weighted by atomic mass is 10.1. The van der Waals surface area contributed by atoms with Crippen molar-refractivity contribution in [3.05, 3.63) is 84.7 Å². The lowest BCUT2D eigenvalue weighted by Gasteiger charge is -2.15. The van der Waals surface area contributed by atoms with E-state index in [2.05, 4.69) is 25.8 Å². The highest BCUT2D eigenvalue weighted by atomic mass is 16.1. The maximum Gasteiger partial charge on any atom is 0.251 e. The average Bonchev–Trinajstić information content (AvgIpc) is 3.42. The van der Waals surface area contributed by atoms with E-state index < -0.39 is 0 Å². The molecule has 1 atom stereocenters. The first-order valence-electron chi connectivity index (χ1n) is 8.43. The zero-order valence-corrected chi connectivity index (χ0v) is 14.6. The molecule has 1 N–H and O–H groups in total. The van der Waals surface area contributed by atoms with Crippen LogP contribution in [-0.4, -0.2) is 35.7 Å². The number of nitrogens with zero attached hydrogens (tertiary/aromatic N) is 6. The normalized spacial score (nSPS) is 11.9. The van der Waals surface area contributed by atoms with Crippen LogP contribution >= 0.6 is 0 Å². The molecule has 0 radical (unpaired) electrons. The summed E-state index contributed by atoms with van der Waals surface area (Å²) in [6.45, 7) is 1.95. The Bertz CT molecular complexity index is 1020. The van der Waals surface area contributed by atoms with Crippen LogP contribution in [0.25, 0.3) is 11.4 Å². The number of carbonyl (C=O) groups is 1. The summed E-state index contributed by atoms with van der Waals surface area (Å²) in [7, 11) is 0. The molecule has 8 nitrogen and oxygen atoms in total. The van der Waals surface area contributed by atoms with Gasteiger partial charge in [0.05, 0.1) is 18.1 Å². The van der Waals surface area contributed by atoms with Gasteiger partial charge in [-0.2, -0.15) is 0 Å². The summed E-state index contributed by atoms with van der Waals surface area (Å²) in [6.07, 6.45) is 6.86. The molecule has 0 fully saturated rings. The van der Waals surface area contributed by atoms with Gasteiger partial charge in [0.15, 0.2) is 0 Å². The van der Waals surface area contributed by atoms with Crippen LogP contribution in [0.4, 0.5) is 0 Å². The van der Waals surface area contributed by atoms with Crippen molar-refractivity contribution < 1.29 is 4.79 Å². The van der Waals surface area contributed by atoms with Crippen LogP contribution in [0.5, 0.6) is 0 Å². The Balaban J connectivity index is 1.47. The van der Waals surface area contributed by atoms with Crippen LogP contribution < -0.4 is 5.32 Å². The quantitative estimate of drug-likeness (QED) is 0.591. The standard InChI is InChI=1S/C19H17N7O/c1-14(15-5-7-17(8-6-15)25-10-9-20-12-25)22-19(27)16-3-2-4-18(11-16)26-13-21-23-24-26/h2-14H,1H3,(H,22,27)/t14-/m0/s1. The Morgan fingerprint density at radius 1 is 1.07 bits per heavy atom. The first-order valence-corrected chi connectivity index (χ1v) is 8.43. The van der Waals surface area contributed by atoms with Crippen molar-refractivity contribution in [2.45, 2.75) is 13.0 Å². The smallest absolute Gasteiger partial charge is 0.251 e. The first-order chi connectivity index (χ1) is 13.2. The molecule has 0 aliphatic carbocycles. The maximum absolute atomic E-state index is 12.6. The number of amides is 1. The monoisotopic (exact) mass is 359 g/mol. The summed E-state index contributed by atoms with van der Waals surface area (Å²) in [6, 6.07) is 15.0. The van der Waals surface area contributed by atoms with Crippen molar-refractivity contribution in [3.8, 4) is 11.4 Å². The van der Waals surface area contributed by atoms with Gasteiger partial charge in [-0.15, -0.1) is 5.10 Å². The molecule has 0 bridgehead atoms. The van der Waals surface area contributed by atoms with Gasteiger partial charge in [-0.25, -0.2) is 9.67 Å². The minimum absolute atomic E-state index is 0.133. The average molecular weight is 359 g/mol. The highest BCUT2D eigenvalue weighted by Gasteiger charge is 2.12. The zero-order valence-electron chi connectivity index (χ0n) is 14.6. The van der Waals surface area contributed by atoms with E-state index in [1.807, 2.05) is 48.0 Å². The van der Waals surface area contributed by atoms with Gasteiger partial charge < -0.3 is 9.88 Å². The van der Waals surface area contributed by atoms with Crippen LogP contribution in [0.1, 0.15) is 28.9 Å². The van der Waals surface area contributed by atoms with E-state index in [0.29, 0.717) is 5.56 Å². The van der Waals surface area contributed by atoms with Gasteiger partial charge in [0.1, 0.15) is 6.33 Å². The molecule has 8 heteroatoms. The molecular formula is C19H17N7O. The number of hydrogen-bond donors (Lipinski definition) is 1. The predicted molar refractivity (Wildman–Crippen MR) is 98.6 cm³/mol. The summed E-state index contributed by atoms with van der Waals surface area (Å²) in [5.74, 6) is -0.156. The van der Waals surface area contributed by atoms with Gasteiger partial charge in [0.25, 0.3) is 5.91 Å². The van der Waals surface area contributed by atoms with Crippen LogP contribution in [0.2, 0.25) is 0 Å². The van der Waals surface area contributed by atoms with Crippen molar-refractivity contribution in [1.29, 1.82) is 0 Å². The number of tetrazole rings is 1. The van der Waals surface area contributed by atoms with E-state index in [0.717, 1.165) is 16.9 Å². The van der Waals surface area contributed by atoms with E-state index in [-0.39, 0.29) is 11.9 Å². The number of rotatable bonds is 5. The summed E-state index contributed by atoms with van der Waals surface area (Å²) in [4.78, 5) is 16.7. The summed E-state index contributed by atoms with van der Waals surface area (Å²) in [5, 5.41) is 14.1. The molecule has 0 saturated heterocycles. The molecule has 0 aliphatic heterocycles. The Labute approximate surface area is 155 Å². The molecule has 0 saturated carbocycles. The van der Waals surface area contributed by atoms with Crippen molar-refractivity contribution >= 4 is 5.91 Å². The van der Waals surface area contributed by atoms with Gasteiger partial charge >= 0.3 is 0 Å². The van der Waals surface area contributed by atoms with Gasteiger partial charge in [-0.05, 0) is 53.2 Å². The molecule has 2 aromatic carbocycles. The second-order valence-corrected chi connectivity index (χ2v) is 6.06. The van der Waals surface area contributed by atoms with Crippen molar-refractivity contribution in [3.63, 3.8) is 0 Å². The second-order valence-electron chi connectivity index (χ2n) is 6.06. The zero-order chi connectivity index (χ0) is 18.6. The van der Waals surface area contributed by atoms with Crippen molar-refractivity contribution in [2.75, 3.05) is 0 Å². The van der Waals surface area contributed by atoms with E-state index in [1.165, 1.54) is 11.0 Å².